The van der Waals surface area contributed by atoms with Gasteiger partial charge in [0.15, 0.2) is 0 Å². The van der Waals surface area contributed by atoms with Crippen molar-refractivity contribution in [2.75, 3.05) is 52.9 Å². The van der Waals surface area contributed by atoms with Crippen molar-refractivity contribution in [1.29, 1.82) is 0 Å². The van der Waals surface area contributed by atoms with Gasteiger partial charge in [0.2, 0.25) is 0 Å². The number of nitrogens with zero attached hydrogens (tertiary/aromatic N) is 2. The molecule has 246 valence electrons. The Morgan fingerprint density at radius 1 is 0.500 bits per heavy atom. The summed E-state index contributed by atoms with van der Waals surface area (Å²) >= 11 is 0. The van der Waals surface area contributed by atoms with Crippen LogP contribution in [-0.4, -0.2) is 77.5 Å². The van der Waals surface area contributed by atoms with E-state index in [1.807, 2.05) is 85.2 Å². The van der Waals surface area contributed by atoms with Gasteiger partial charge in [0.1, 0.15) is 23.7 Å². The molecule has 2 unspecified atom stereocenters. The molecule has 8 nitrogen and oxygen atoms in total. The third kappa shape index (κ3) is 14.3. The molecule has 0 aliphatic carbocycles. The molecule has 0 N–H and O–H groups in total. The van der Waals surface area contributed by atoms with Crippen LogP contribution in [0, 0.1) is 0 Å². The first kappa shape index (κ1) is 33.8. The Kier molecular flexibility index (Phi) is 14.6. The van der Waals surface area contributed by atoms with Gasteiger partial charge in [0.05, 0.1) is 51.0 Å². The molecule has 2 aliphatic rings. The maximum atomic E-state index is 5.89. The molecule has 2 heterocycles. The number of benzene rings is 3. The van der Waals surface area contributed by atoms with Gasteiger partial charge in [-0.2, -0.15) is 0 Å². The van der Waals surface area contributed by atoms with Crippen LogP contribution in [0.5, 0.6) is 11.5 Å². The number of ether oxygens (including phenoxy) is 6. The second-order valence-electron chi connectivity index (χ2n) is 11.8. The molecular formula is C38H48N2O6. The molecule has 2 atom stereocenters. The maximum absolute atomic E-state index is 5.89. The fourth-order valence-electron chi connectivity index (χ4n) is 4.68. The predicted octanol–water partition coefficient (Wildman–Crippen LogP) is 7.90. The lowest BCUT2D eigenvalue weighted by molar-refractivity contribution is 0.112. The lowest BCUT2D eigenvalue weighted by Gasteiger charge is -2.07. The molecule has 0 amide bonds. The molecule has 2 aliphatic heterocycles. The van der Waals surface area contributed by atoms with Gasteiger partial charge < -0.3 is 28.4 Å². The molecule has 46 heavy (non-hydrogen) atoms. The van der Waals surface area contributed by atoms with Crippen molar-refractivity contribution in [1.82, 2.24) is 0 Å². The third-order valence-electron chi connectivity index (χ3n) is 7.65. The van der Waals surface area contributed by atoms with E-state index in [4.69, 9.17) is 28.4 Å². The molecule has 2 fully saturated rings. The first-order valence-electron chi connectivity index (χ1n) is 16.8. The summed E-state index contributed by atoms with van der Waals surface area (Å²) in [4.78, 5) is 9.21. The van der Waals surface area contributed by atoms with Crippen molar-refractivity contribution in [2.24, 2.45) is 9.98 Å². The molecule has 0 aromatic heterocycles. The second kappa shape index (κ2) is 19.8. The van der Waals surface area contributed by atoms with E-state index in [1.54, 1.807) is 0 Å². The van der Waals surface area contributed by atoms with Crippen LogP contribution in [0.2, 0.25) is 0 Å². The molecule has 3 aromatic carbocycles. The van der Waals surface area contributed by atoms with E-state index in [9.17, 15) is 0 Å². The van der Waals surface area contributed by atoms with Gasteiger partial charge >= 0.3 is 0 Å². The molecule has 0 saturated carbocycles. The highest BCUT2D eigenvalue weighted by Gasteiger charge is 2.22. The summed E-state index contributed by atoms with van der Waals surface area (Å²) in [5.74, 6) is 1.77. The van der Waals surface area contributed by atoms with Crippen LogP contribution in [0.1, 0.15) is 62.5 Å². The van der Waals surface area contributed by atoms with Crippen LogP contribution in [0.4, 0.5) is 11.4 Å². The van der Waals surface area contributed by atoms with Crippen molar-refractivity contribution in [3.8, 4) is 11.5 Å². The minimum Gasteiger partial charge on any atom is -0.494 e. The average Bonchev–Trinajstić information content (AvgIpc) is 4.03. The Balaban J connectivity index is 0.915. The second-order valence-corrected chi connectivity index (χ2v) is 11.8. The van der Waals surface area contributed by atoms with E-state index in [2.05, 4.69) is 9.98 Å². The summed E-state index contributed by atoms with van der Waals surface area (Å²) in [5, 5.41) is 0. The van der Waals surface area contributed by atoms with Crippen LogP contribution in [0.15, 0.2) is 82.8 Å². The van der Waals surface area contributed by atoms with Crippen molar-refractivity contribution in [3.05, 3.63) is 83.9 Å². The van der Waals surface area contributed by atoms with E-state index < -0.39 is 0 Å². The molecule has 2 saturated heterocycles. The minimum absolute atomic E-state index is 0.357. The fraction of sp³-hybridized carbons (Fsp3) is 0.474. The van der Waals surface area contributed by atoms with Gasteiger partial charge in [-0.3, -0.25) is 9.98 Å². The molecule has 0 bridgehead atoms. The number of aliphatic imine (C=N–C) groups is 2. The molecule has 8 heteroatoms. The lowest BCUT2D eigenvalue weighted by Crippen LogP contribution is -2.03. The standard InChI is InChI=1S/C38H48N2O6/c1(5-21-41-27-37-29-45-37)3-7-23-43-35-17-9-31(10-18-35)25-39-33-13-15-34(16-14-33)40-26-32-11-19-36(20-12-32)44-24-8-4-2-6-22-42-28-38-30-46-38/h9-20,25-26,37-38H,1-8,21-24,27-30H2. The van der Waals surface area contributed by atoms with Gasteiger partial charge in [0.25, 0.3) is 0 Å². The number of unbranched alkanes of at least 4 members (excludes halogenated alkanes) is 6. The van der Waals surface area contributed by atoms with Gasteiger partial charge in [-0.15, -0.1) is 0 Å². The Labute approximate surface area is 273 Å². The zero-order chi connectivity index (χ0) is 31.5. The number of rotatable bonds is 24. The first-order valence-corrected chi connectivity index (χ1v) is 16.8. The summed E-state index contributed by atoms with van der Waals surface area (Å²) in [6.45, 7) is 6.32. The van der Waals surface area contributed by atoms with Crippen LogP contribution in [0.3, 0.4) is 0 Å². The molecular weight excluding hydrogens is 580 g/mol. The Morgan fingerprint density at radius 3 is 1.24 bits per heavy atom. The predicted molar refractivity (Wildman–Crippen MR) is 183 cm³/mol. The zero-order valence-corrected chi connectivity index (χ0v) is 26.9. The SMILES string of the molecule is C(=Nc1ccc(N=Cc2ccc(OCCCCCCOCC3CO3)cc2)cc1)c1ccc(OCCCCCCOCC2CO2)cc1. The normalized spacial score (nSPS) is 17.1. The van der Waals surface area contributed by atoms with Crippen LogP contribution in [0.25, 0.3) is 0 Å². The molecule has 0 radical (unpaired) electrons. The van der Waals surface area contributed by atoms with Gasteiger partial charge in [-0.25, -0.2) is 0 Å². The summed E-state index contributed by atoms with van der Waals surface area (Å²) in [6, 6.07) is 24.0. The van der Waals surface area contributed by atoms with Crippen LogP contribution in [-0.2, 0) is 18.9 Å². The first-order chi connectivity index (χ1) is 22.8. The Hall–Kier alpha value is -3.56. The minimum atomic E-state index is 0.357. The highest BCUT2D eigenvalue weighted by Crippen LogP contribution is 2.20. The average molecular weight is 629 g/mol. The van der Waals surface area contributed by atoms with Gasteiger partial charge in [0, 0.05) is 25.6 Å². The summed E-state index contributed by atoms with van der Waals surface area (Å²) < 4.78 is 33.2. The molecule has 3 aromatic rings. The Bertz CT molecular complexity index is 1200. The lowest BCUT2D eigenvalue weighted by atomic mass is 10.2. The Morgan fingerprint density at radius 2 is 0.870 bits per heavy atom. The number of epoxide rings is 2. The zero-order valence-electron chi connectivity index (χ0n) is 26.9. The molecule has 5 rings (SSSR count). The largest absolute Gasteiger partial charge is 0.494 e. The number of hydrogen-bond donors (Lipinski definition) is 0. The van der Waals surface area contributed by atoms with Crippen molar-refractivity contribution in [2.45, 2.75) is 63.6 Å². The maximum Gasteiger partial charge on any atom is 0.119 e. The monoisotopic (exact) mass is 628 g/mol. The quantitative estimate of drug-likeness (QED) is 0.0570. The van der Waals surface area contributed by atoms with E-state index >= 15 is 0 Å². The van der Waals surface area contributed by atoms with E-state index in [0.29, 0.717) is 12.2 Å². The van der Waals surface area contributed by atoms with Gasteiger partial charge in [-0.1, -0.05) is 12.8 Å². The summed E-state index contributed by atoms with van der Waals surface area (Å²) in [7, 11) is 0. The molecule has 0 spiro atoms. The van der Waals surface area contributed by atoms with Gasteiger partial charge in [-0.05, 0) is 122 Å². The fourth-order valence-corrected chi connectivity index (χ4v) is 4.68. The number of hydrogen-bond acceptors (Lipinski definition) is 8. The van der Waals surface area contributed by atoms with Crippen LogP contribution < -0.4 is 9.47 Å². The summed E-state index contributed by atoms with van der Waals surface area (Å²) in [6.07, 6.45) is 13.4. The van der Waals surface area contributed by atoms with E-state index in [1.165, 1.54) is 0 Å². The van der Waals surface area contributed by atoms with E-state index in [0.717, 1.165) is 138 Å². The smallest absolute Gasteiger partial charge is 0.119 e. The van der Waals surface area contributed by atoms with Crippen molar-refractivity contribution < 1.29 is 28.4 Å². The summed E-state index contributed by atoms with van der Waals surface area (Å²) in [5.41, 5.74) is 3.81. The van der Waals surface area contributed by atoms with Crippen molar-refractivity contribution >= 4 is 23.8 Å². The van der Waals surface area contributed by atoms with Crippen LogP contribution >= 0.6 is 0 Å². The van der Waals surface area contributed by atoms with E-state index in [-0.39, 0.29) is 0 Å². The topological polar surface area (TPSA) is 86.7 Å². The third-order valence-corrected chi connectivity index (χ3v) is 7.65. The highest BCUT2D eigenvalue weighted by molar-refractivity contribution is 5.83. The highest BCUT2D eigenvalue weighted by atomic mass is 16.6. The van der Waals surface area contributed by atoms with Crippen molar-refractivity contribution in [3.63, 3.8) is 0 Å².